The van der Waals surface area contributed by atoms with Crippen molar-refractivity contribution in [2.75, 3.05) is 18.4 Å². The number of nitro groups is 1. The number of hydrogen-bond acceptors (Lipinski definition) is 5. The molecule has 4 rings (SSSR count). The van der Waals surface area contributed by atoms with Crippen LogP contribution in [0.2, 0.25) is 0 Å². The largest absolute Gasteiger partial charge is 0.362 e. The van der Waals surface area contributed by atoms with E-state index in [0.717, 1.165) is 5.69 Å². The standard InChI is InChI=1S/C19H18N4O4/c24-17-15-6-1-2-7-16(15)20-19(21-17)8-10-22(11-9-19)18(25)13-4-3-5-14(12-13)23(26)27/h1-7,12,20H,8-11H2,(H,21,24). The van der Waals surface area contributed by atoms with Gasteiger partial charge in [-0.2, -0.15) is 0 Å². The summed E-state index contributed by atoms with van der Waals surface area (Å²) in [7, 11) is 0. The molecule has 1 saturated heterocycles. The molecule has 2 aliphatic rings. The maximum atomic E-state index is 12.7. The van der Waals surface area contributed by atoms with Crippen LogP contribution in [0.15, 0.2) is 48.5 Å². The molecule has 8 nitrogen and oxygen atoms in total. The monoisotopic (exact) mass is 366 g/mol. The minimum atomic E-state index is -0.578. The molecular formula is C19H18N4O4. The Morgan fingerprint density at radius 1 is 1.07 bits per heavy atom. The molecule has 0 aromatic heterocycles. The number of para-hydroxylation sites is 1. The number of carbonyl (C=O) groups excluding carboxylic acids is 2. The van der Waals surface area contributed by atoms with Crippen LogP contribution >= 0.6 is 0 Å². The van der Waals surface area contributed by atoms with Gasteiger partial charge >= 0.3 is 0 Å². The van der Waals surface area contributed by atoms with Crippen LogP contribution in [-0.4, -0.2) is 40.4 Å². The second-order valence-corrected chi connectivity index (χ2v) is 6.81. The van der Waals surface area contributed by atoms with E-state index in [4.69, 9.17) is 0 Å². The molecule has 0 radical (unpaired) electrons. The van der Waals surface area contributed by atoms with Crippen molar-refractivity contribution in [1.29, 1.82) is 0 Å². The lowest BCUT2D eigenvalue weighted by Gasteiger charge is -2.45. The Labute approximate surface area is 155 Å². The molecule has 0 bridgehead atoms. The number of nitrogens with one attached hydrogen (secondary N) is 2. The third kappa shape index (κ3) is 3.10. The van der Waals surface area contributed by atoms with Crippen molar-refractivity contribution in [3.05, 3.63) is 69.8 Å². The van der Waals surface area contributed by atoms with E-state index in [9.17, 15) is 19.7 Å². The van der Waals surface area contributed by atoms with Crippen LogP contribution < -0.4 is 10.6 Å². The molecule has 27 heavy (non-hydrogen) atoms. The van der Waals surface area contributed by atoms with Gasteiger partial charge in [0.15, 0.2) is 0 Å². The summed E-state index contributed by atoms with van der Waals surface area (Å²) in [4.78, 5) is 37.2. The summed E-state index contributed by atoms with van der Waals surface area (Å²) in [5.74, 6) is -0.362. The molecule has 2 heterocycles. The molecule has 138 valence electrons. The van der Waals surface area contributed by atoms with Crippen LogP contribution in [0.3, 0.4) is 0 Å². The normalized spacial score (nSPS) is 17.6. The van der Waals surface area contributed by atoms with Crippen molar-refractivity contribution in [1.82, 2.24) is 10.2 Å². The highest BCUT2D eigenvalue weighted by Gasteiger charge is 2.41. The molecule has 8 heteroatoms. The lowest BCUT2D eigenvalue weighted by atomic mass is 9.92. The summed E-state index contributed by atoms with van der Waals surface area (Å²) in [5.41, 5.74) is 1.02. The van der Waals surface area contributed by atoms with E-state index in [2.05, 4.69) is 10.6 Å². The van der Waals surface area contributed by atoms with Crippen LogP contribution in [0.25, 0.3) is 0 Å². The number of likely N-dealkylation sites (tertiary alicyclic amines) is 1. The molecule has 2 N–H and O–H groups in total. The van der Waals surface area contributed by atoms with Crippen LogP contribution in [0.4, 0.5) is 11.4 Å². The molecule has 1 spiro atoms. The summed E-state index contributed by atoms with van der Waals surface area (Å²) in [6.45, 7) is 0.883. The van der Waals surface area contributed by atoms with Crippen LogP contribution in [0.5, 0.6) is 0 Å². The topological polar surface area (TPSA) is 105 Å². The van der Waals surface area contributed by atoms with Crippen LogP contribution in [-0.2, 0) is 0 Å². The van der Waals surface area contributed by atoms with Crippen molar-refractivity contribution in [3.8, 4) is 0 Å². The first kappa shape index (κ1) is 17.0. The van der Waals surface area contributed by atoms with E-state index < -0.39 is 10.6 Å². The van der Waals surface area contributed by atoms with Gasteiger partial charge in [0.2, 0.25) is 0 Å². The molecular weight excluding hydrogens is 348 g/mol. The van der Waals surface area contributed by atoms with Gasteiger partial charge in [-0.05, 0) is 18.2 Å². The van der Waals surface area contributed by atoms with Crippen LogP contribution in [0.1, 0.15) is 33.6 Å². The first-order valence-corrected chi connectivity index (χ1v) is 8.71. The van der Waals surface area contributed by atoms with E-state index in [1.54, 1.807) is 17.0 Å². The highest BCUT2D eigenvalue weighted by molar-refractivity contribution is 6.02. The van der Waals surface area contributed by atoms with Crippen molar-refractivity contribution in [3.63, 3.8) is 0 Å². The minimum absolute atomic E-state index is 0.104. The van der Waals surface area contributed by atoms with Gasteiger partial charge in [-0.25, -0.2) is 0 Å². The van der Waals surface area contributed by atoms with Gasteiger partial charge in [0.25, 0.3) is 17.5 Å². The molecule has 0 aliphatic carbocycles. The van der Waals surface area contributed by atoms with Crippen molar-refractivity contribution in [2.45, 2.75) is 18.5 Å². The minimum Gasteiger partial charge on any atom is -0.362 e. The number of benzene rings is 2. The van der Waals surface area contributed by atoms with Gasteiger partial charge in [-0.1, -0.05) is 18.2 Å². The SMILES string of the molecule is O=C1NC2(CCN(C(=O)c3cccc([N+](=O)[O-])c3)CC2)Nc2ccccc21. The van der Waals surface area contributed by atoms with E-state index in [1.807, 2.05) is 18.2 Å². The average Bonchev–Trinajstić information content (AvgIpc) is 2.68. The summed E-state index contributed by atoms with van der Waals surface area (Å²) >= 11 is 0. The Morgan fingerprint density at radius 3 is 2.56 bits per heavy atom. The summed E-state index contributed by atoms with van der Waals surface area (Å²) in [6.07, 6.45) is 1.10. The third-order valence-corrected chi connectivity index (χ3v) is 5.11. The molecule has 2 amide bonds. The van der Waals surface area contributed by atoms with Crippen molar-refractivity contribution >= 4 is 23.2 Å². The Morgan fingerprint density at radius 2 is 1.81 bits per heavy atom. The Hall–Kier alpha value is -3.42. The number of anilines is 1. The average molecular weight is 366 g/mol. The first-order valence-electron chi connectivity index (χ1n) is 8.71. The fraction of sp³-hybridized carbons (Fsp3) is 0.263. The molecule has 2 aromatic carbocycles. The molecule has 0 unspecified atom stereocenters. The zero-order valence-corrected chi connectivity index (χ0v) is 14.5. The van der Waals surface area contributed by atoms with Crippen LogP contribution in [0, 0.1) is 10.1 Å². The van der Waals surface area contributed by atoms with E-state index in [-0.39, 0.29) is 17.5 Å². The number of non-ortho nitro benzene ring substituents is 1. The molecule has 0 atom stereocenters. The van der Waals surface area contributed by atoms with Crippen molar-refractivity contribution < 1.29 is 14.5 Å². The maximum Gasteiger partial charge on any atom is 0.270 e. The third-order valence-electron chi connectivity index (χ3n) is 5.11. The second kappa shape index (κ2) is 6.39. The van der Waals surface area contributed by atoms with E-state index >= 15 is 0 Å². The number of hydrogen-bond donors (Lipinski definition) is 2. The maximum absolute atomic E-state index is 12.7. The molecule has 2 aromatic rings. The zero-order valence-electron chi connectivity index (χ0n) is 14.5. The smallest absolute Gasteiger partial charge is 0.270 e. The number of nitrogens with zero attached hydrogens (tertiary/aromatic N) is 2. The molecule has 2 aliphatic heterocycles. The first-order chi connectivity index (χ1) is 13.0. The fourth-order valence-corrected chi connectivity index (χ4v) is 3.64. The predicted octanol–water partition coefficient (Wildman–Crippen LogP) is 2.38. The van der Waals surface area contributed by atoms with E-state index in [0.29, 0.717) is 37.1 Å². The Balaban J connectivity index is 1.48. The lowest BCUT2D eigenvalue weighted by molar-refractivity contribution is -0.384. The zero-order chi connectivity index (χ0) is 19.0. The van der Waals surface area contributed by atoms with Gasteiger partial charge < -0.3 is 15.5 Å². The summed E-state index contributed by atoms with van der Waals surface area (Å²) in [6, 6.07) is 13.1. The number of amides is 2. The van der Waals surface area contributed by atoms with Gasteiger partial charge in [0, 0.05) is 49.3 Å². The Bertz CT molecular complexity index is 935. The Kier molecular flexibility index (Phi) is 4.02. The lowest BCUT2D eigenvalue weighted by Crippen LogP contribution is -2.62. The number of carbonyl (C=O) groups is 2. The van der Waals surface area contributed by atoms with Gasteiger partial charge in [-0.3, -0.25) is 19.7 Å². The fourth-order valence-electron chi connectivity index (χ4n) is 3.64. The molecule has 1 fully saturated rings. The molecule has 0 saturated carbocycles. The summed E-state index contributed by atoms with van der Waals surface area (Å²) < 4.78 is 0. The summed E-state index contributed by atoms with van der Waals surface area (Å²) in [5, 5.41) is 17.4. The highest BCUT2D eigenvalue weighted by Crippen LogP contribution is 2.31. The number of nitro benzene ring substituents is 1. The predicted molar refractivity (Wildman–Crippen MR) is 98.5 cm³/mol. The quantitative estimate of drug-likeness (QED) is 0.627. The number of rotatable bonds is 2. The second-order valence-electron chi connectivity index (χ2n) is 6.81. The van der Waals surface area contributed by atoms with Gasteiger partial charge in [0.05, 0.1) is 10.5 Å². The van der Waals surface area contributed by atoms with E-state index in [1.165, 1.54) is 18.2 Å². The van der Waals surface area contributed by atoms with Crippen molar-refractivity contribution in [2.24, 2.45) is 0 Å². The highest BCUT2D eigenvalue weighted by atomic mass is 16.6. The number of fused-ring (bicyclic) bond motifs is 1. The number of piperidine rings is 1. The van der Waals surface area contributed by atoms with Gasteiger partial charge in [0.1, 0.15) is 5.66 Å². The van der Waals surface area contributed by atoms with Gasteiger partial charge in [-0.15, -0.1) is 0 Å².